The third-order valence-electron chi connectivity index (χ3n) is 2.85. The number of rotatable bonds is 5. The highest BCUT2D eigenvalue weighted by atomic mass is 16.5. The summed E-state index contributed by atoms with van der Waals surface area (Å²) in [5, 5.41) is 8.73. The molecule has 0 aromatic carbocycles. The normalized spacial score (nSPS) is 23.1. The average molecular weight is 239 g/mol. The average Bonchev–Trinajstić information content (AvgIpc) is 2.74. The molecule has 1 fully saturated rings. The smallest absolute Gasteiger partial charge is 0.323 e. The number of carboxylic acids is 1. The molecular weight excluding hydrogens is 222 g/mol. The van der Waals surface area contributed by atoms with Crippen molar-refractivity contribution >= 4 is 11.9 Å². The fourth-order valence-corrected chi connectivity index (χ4v) is 2.05. The Hall–Kier alpha value is -1.54. The molecule has 0 bridgehead atoms. The maximum absolute atomic E-state index is 12.1. The lowest BCUT2D eigenvalue weighted by molar-refractivity contribution is -0.146. The van der Waals surface area contributed by atoms with E-state index in [4.69, 9.17) is 16.3 Å². The summed E-state index contributed by atoms with van der Waals surface area (Å²) in [7, 11) is 0. The van der Waals surface area contributed by atoms with Crippen LogP contribution in [0.3, 0.4) is 0 Å². The van der Waals surface area contributed by atoms with Crippen molar-refractivity contribution in [2.24, 2.45) is 5.92 Å². The highest BCUT2D eigenvalue weighted by molar-refractivity contribution is 5.84. The maximum atomic E-state index is 12.1. The fourth-order valence-electron chi connectivity index (χ4n) is 2.05. The van der Waals surface area contributed by atoms with Crippen LogP contribution in [-0.4, -0.2) is 47.7 Å². The molecule has 0 aliphatic carbocycles. The zero-order valence-electron chi connectivity index (χ0n) is 9.89. The van der Waals surface area contributed by atoms with E-state index in [9.17, 15) is 9.59 Å². The van der Waals surface area contributed by atoms with E-state index in [0.717, 1.165) is 6.42 Å². The second kappa shape index (κ2) is 6.26. The van der Waals surface area contributed by atoms with Crippen LogP contribution in [0.25, 0.3) is 0 Å². The van der Waals surface area contributed by atoms with Crippen molar-refractivity contribution in [1.29, 1.82) is 0 Å². The minimum Gasteiger partial charge on any atom is -0.480 e. The van der Waals surface area contributed by atoms with E-state index in [1.165, 1.54) is 4.90 Å². The topological polar surface area (TPSA) is 66.8 Å². The van der Waals surface area contributed by atoms with Gasteiger partial charge in [-0.1, -0.05) is 12.8 Å². The Morgan fingerprint density at radius 2 is 2.29 bits per heavy atom. The van der Waals surface area contributed by atoms with Gasteiger partial charge in [0.15, 0.2) is 0 Å². The molecule has 1 rings (SSSR count). The van der Waals surface area contributed by atoms with Crippen LogP contribution in [0.15, 0.2) is 0 Å². The summed E-state index contributed by atoms with van der Waals surface area (Å²) in [6, 6.07) is 0. The van der Waals surface area contributed by atoms with Crippen molar-refractivity contribution in [3.05, 3.63) is 0 Å². The molecule has 0 aromatic rings. The molecule has 1 aliphatic heterocycles. The van der Waals surface area contributed by atoms with Gasteiger partial charge in [-0.3, -0.25) is 9.59 Å². The summed E-state index contributed by atoms with van der Waals surface area (Å²) in [4.78, 5) is 24.0. The number of carbonyl (C=O) groups excluding carboxylic acids is 1. The monoisotopic (exact) mass is 239 g/mol. The maximum Gasteiger partial charge on any atom is 0.323 e. The second-order valence-electron chi connectivity index (χ2n) is 4.00. The van der Waals surface area contributed by atoms with E-state index < -0.39 is 5.97 Å². The Labute approximate surface area is 101 Å². The number of terminal acetylenes is 1. The third-order valence-corrected chi connectivity index (χ3v) is 2.85. The van der Waals surface area contributed by atoms with Crippen molar-refractivity contribution < 1.29 is 19.4 Å². The second-order valence-corrected chi connectivity index (χ2v) is 4.00. The number of hydrogen-bond donors (Lipinski definition) is 1. The molecule has 0 saturated carbocycles. The Morgan fingerprint density at radius 3 is 2.82 bits per heavy atom. The van der Waals surface area contributed by atoms with Crippen LogP contribution in [0.5, 0.6) is 0 Å². The molecule has 1 aliphatic rings. The summed E-state index contributed by atoms with van der Waals surface area (Å²) in [5.74, 6) is 0.786. The molecule has 1 saturated heterocycles. The minimum absolute atomic E-state index is 0.0259. The van der Waals surface area contributed by atoms with Gasteiger partial charge >= 0.3 is 5.97 Å². The summed E-state index contributed by atoms with van der Waals surface area (Å²) >= 11 is 0. The van der Waals surface area contributed by atoms with Gasteiger partial charge in [0.2, 0.25) is 5.91 Å². The van der Waals surface area contributed by atoms with Gasteiger partial charge in [-0.25, -0.2) is 0 Å². The molecule has 0 radical (unpaired) electrons. The summed E-state index contributed by atoms with van der Waals surface area (Å²) < 4.78 is 5.42. The molecule has 1 amide bonds. The molecular formula is C12H17NO4. The molecule has 17 heavy (non-hydrogen) atoms. The largest absolute Gasteiger partial charge is 0.480 e. The van der Waals surface area contributed by atoms with Gasteiger partial charge in [0, 0.05) is 6.61 Å². The zero-order chi connectivity index (χ0) is 12.8. The number of nitrogens with zero attached hydrogens (tertiary/aromatic N) is 1. The van der Waals surface area contributed by atoms with Gasteiger partial charge in [-0.15, -0.1) is 6.42 Å². The van der Waals surface area contributed by atoms with Crippen LogP contribution in [-0.2, 0) is 14.3 Å². The molecule has 1 N–H and O–H groups in total. The highest BCUT2D eigenvalue weighted by Gasteiger charge is 2.35. The molecule has 5 nitrogen and oxygen atoms in total. The van der Waals surface area contributed by atoms with Gasteiger partial charge in [0.25, 0.3) is 0 Å². The van der Waals surface area contributed by atoms with Gasteiger partial charge in [0.05, 0.1) is 18.6 Å². The van der Waals surface area contributed by atoms with Gasteiger partial charge in [-0.2, -0.15) is 0 Å². The van der Waals surface area contributed by atoms with Crippen LogP contribution in [0, 0.1) is 18.3 Å². The van der Waals surface area contributed by atoms with Crippen LogP contribution in [0.1, 0.15) is 19.8 Å². The SMILES string of the molecule is C#CCN(CC(=O)O)C(=O)C1CCOC1CC. The molecule has 1 heterocycles. The number of amides is 1. The van der Waals surface area contributed by atoms with Crippen molar-refractivity contribution in [2.45, 2.75) is 25.9 Å². The molecule has 0 spiro atoms. The third kappa shape index (κ3) is 3.46. The van der Waals surface area contributed by atoms with Crippen molar-refractivity contribution in [3.8, 4) is 12.3 Å². The minimum atomic E-state index is -1.06. The van der Waals surface area contributed by atoms with E-state index in [-0.39, 0.29) is 31.0 Å². The fraction of sp³-hybridized carbons (Fsp3) is 0.667. The predicted octanol–water partition coefficient (Wildman–Crippen LogP) is 0.348. The Kier molecular flexibility index (Phi) is 4.98. The standard InChI is InChI=1S/C12H17NO4/c1-3-6-13(8-11(14)15)12(16)9-5-7-17-10(9)4-2/h1,9-10H,4-8H2,2H3,(H,14,15). The molecule has 94 valence electrons. The van der Waals surface area contributed by atoms with Crippen molar-refractivity contribution in [3.63, 3.8) is 0 Å². The highest BCUT2D eigenvalue weighted by Crippen LogP contribution is 2.25. The summed E-state index contributed by atoms with van der Waals surface area (Å²) in [6.45, 7) is 2.17. The molecule has 0 aromatic heterocycles. The van der Waals surface area contributed by atoms with E-state index in [1.807, 2.05) is 6.92 Å². The summed E-state index contributed by atoms with van der Waals surface area (Å²) in [6.07, 6.45) is 6.41. The van der Waals surface area contributed by atoms with E-state index in [0.29, 0.717) is 13.0 Å². The predicted molar refractivity (Wildman–Crippen MR) is 61.2 cm³/mol. The van der Waals surface area contributed by atoms with E-state index in [2.05, 4.69) is 5.92 Å². The Morgan fingerprint density at radius 1 is 1.59 bits per heavy atom. The van der Waals surface area contributed by atoms with Gasteiger partial charge < -0.3 is 14.7 Å². The van der Waals surface area contributed by atoms with Crippen LogP contribution in [0.4, 0.5) is 0 Å². The van der Waals surface area contributed by atoms with Crippen molar-refractivity contribution in [1.82, 2.24) is 4.90 Å². The van der Waals surface area contributed by atoms with Gasteiger partial charge in [0.1, 0.15) is 6.54 Å². The number of carbonyl (C=O) groups is 2. The van der Waals surface area contributed by atoms with Crippen LogP contribution in [0.2, 0.25) is 0 Å². The zero-order valence-corrected chi connectivity index (χ0v) is 9.89. The number of aliphatic carboxylic acids is 1. The Bertz CT molecular complexity index is 334. The first-order valence-corrected chi connectivity index (χ1v) is 5.65. The lowest BCUT2D eigenvalue weighted by Gasteiger charge is -2.24. The number of ether oxygens (including phenoxy) is 1. The van der Waals surface area contributed by atoms with E-state index >= 15 is 0 Å². The van der Waals surface area contributed by atoms with Crippen LogP contribution < -0.4 is 0 Å². The van der Waals surface area contributed by atoms with Crippen LogP contribution >= 0.6 is 0 Å². The first-order chi connectivity index (χ1) is 8.10. The molecule has 5 heteroatoms. The molecule has 2 atom stereocenters. The molecule has 2 unspecified atom stereocenters. The lowest BCUT2D eigenvalue weighted by atomic mass is 9.98. The summed E-state index contributed by atoms with van der Waals surface area (Å²) in [5.41, 5.74) is 0. The first-order valence-electron chi connectivity index (χ1n) is 5.65. The first kappa shape index (κ1) is 13.5. The van der Waals surface area contributed by atoms with Gasteiger partial charge in [-0.05, 0) is 12.8 Å². The quantitative estimate of drug-likeness (QED) is 0.703. The number of carboxylic acid groups (broad SMARTS) is 1. The number of hydrogen-bond acceptors (Lipinski definition) is 3. The van der Waals surface area contributed by atoms with E-state index in [1.54, 1.807) is 0 Å². The lowest BCUT2D eigenvalue weighted by Crippen LogP contribution is -2.42. The van der Waals surface area contributed by atoms with Crippen molar-refractivity contribution in [2.75, 3.05) is 19.7 Å². The Balaban J connectivity index is 2.70.